The highest BCUT2D eigenvalue weighted by Crippen LogP contribution is 2.26. The van der Waals surface area contributed by atoms with Crippen molar-refractivity contribution in [2.45, 2.75) is 45.5 Å². The third-order valence-corrected chi connectivity index (χ3v) is 2.35. The molecule has 0 fully saturated rings. The summed E-state index contributed by atoms with van der Waals surface area (Å²) in [7, 11) is 0. The van der Waals surface area contributed by atoms with Crippen molar-refractivity contribution in [2.24, 2.45) is 5.73 Å². The molecule has 0 bridgehead atoms. The van der Waals surface area contributed by atoms with Crippen LogP contribution in [0.15, 0.2) is 6.07 Å². The molecule has 0 spiro atoms. The maximum Gasteiger partial charge on any atom is 0.389 e. The summed E-state index contributed by atoms with van der Waals surface area (Å²) in [5.41, 5.74) is 7.18. The molecule has 0 aromatic carbocycles. The number of hydrogen-bond acceptors (Lipinski definition) is 2. The van der Waals surface area contributed by atoms with Crippen LogP contribution >= 0.6 is 0 Å². The van der Waals surface area contributed by atoms with Crippen molar-refractivity contribution in [3.63, 3.8) is 0 Å². The molecule has 0 radical (unpaired) electrons. The Balaban J connectivity index is 2.68. The molecule has 6 heteroatoms. The molecule has 1 unspecified atom stereocenters. The Bertz CT molecular complexity index is 344. The summed E-state index contributed by atoms with van der Waals surface area (Å²) < 4.78 is 37.8. The normalized spacial score (nSPS) is 14.1. The van der Waals surface area contributed by atoms with Crippen LogP contribution in [0.5, 0.6) is 0 Å². The molecule has 0 amide bonds. The zero-order valence-corrected chi connectivity index (χ0v) is 9.38. The summed E-state index contributed by atoms with van der Waals surface area (Å²) in [4.78, 5) is 0. The lowest BCUT2D eigenvalue weighted by Crippen LogP contribution is -2.19. The minimum absolute atomic E-state index is 0.103. The quantitative estimate of drug-likeness (QED) is 0.871. The van der Waals surface area contributed by atoms with Gasteiger partial charge in [-0.15, -0.1) is 0 Å². The van der Waals surface area contributed by atoms with E-state index in [-0.39, 0.29) is 6.42 Å². The topological polar surface area (TPSA) is 43.8 Å². The molecule has 2 N–H and O–H groups in total. The fourth-order valence-corrected chi connectivity index (χ4v) is 1.58. The molecule has 1 rings (SSSR count). The number of halogens is 3. The van der Waals surface area contributed by atoms with Crippen LogP contribution in [0.2, 0.25) is 0 Å². The van der Waals surface area contributed by atoms with Gasteiger partial charge in [0.1, 0.15) is 0 Å². The average molecular weight is 235 g/mol. The highest BCUT2D eigenvalue weighted by Gasteiger charge is 2.28. The fourth-order valence-electron chi connectivity index (χ4n) is 1.58. The molecule has 0 aliphatic rings. The van der Waals surface area contributed by atoms with E-state index in [0.29, 0.717) is 12.2 Å². The van der Waals surface area contributed by atoms with Gasteiger partial charge >= 0.3 is 6.18 Å². The number of hydrogen-bond donors (Lipinski definition) is 1. The third kappa shape index (κ3) is 3.52. The maximum absolute atomic E-state index is 12.0. The van der Waals surface area contributed by atoms with Gasteiger partial charge in [-0.1, -0.05) is 0 Å². The highest BCUT2D eigenvalue weighted by atomic mass is 19.4. The van der Waals surface area contributed by atoms with E-state index in [2.05, 4.69) is 5.10 Å². The summed E-state index contributed by atoms with van der Waals surface area (Å²) in [5.74, 6) is 0. The number of nitrogens with two attached hydrogens (primary N) is 1. The SMILES string of the molecule is CCn1nc(C)cc1C(N)CCC(F)(F)F. The van der Waals surface area contributed by atoms with Crippen LogP contribution in [0.3, 0.4) is 0 Å². The second-order valence-electron chi connectivity index (χ2n) is 3.79. The van der Waals surface area contributed by atoms with E-state index < -0.39 is 18.6 Å². The first-order valence-electron chi connectivity index (χ1n) is 5.20. The first kappa shape index (κ1) is 13.0. The Morgan fingerprint density at radius 3 is 2.62 bits per heavy atom. The van der Waals surface area contributed by atoms with Gasteiger partial charge in [0.15, 0.2) is 0 Å². The van der Waals surface area contributed by atoms with E-state index in [1.807, 2.05) is 6.92 Å². The first-order chi connectivity index (χ1) is 7.33. The zero-order chi connectivity index (χ0) is 12.3. The van der Waals surface area contributed by atoms with Crippen molar-refractivity contribution in [1.82, 2.24) is 9.78 Å². The minimum Gasteiger partial charge on any atom is -0.323 e. The van der Waals surface area contributed by atoms with E-state index in [9.17, 15) is 13.2 Å². The summed E-state index contributed by atoms with van der Waals surface area (Å²) >= 11 is 0. The second-order valence-corrected chi connectivity index (χ2v) is 3.79. The van der Waals surface area contributed by atoms with Gasteiger partial charge in [0.2, 0.25) is 0 Å². The monoisotopic (exact) mass is 235 g/mol. The molecule has 0 saturated heterocycles. The Morgan fingerprint density at radius 2 is 2.12 bits per heavy atom. The van der Waals surface area contributed by atoms with Gasteiger partial charge in [-0.2, -0.15) is 18.3 Å². The van der Waals surface area contributed by atoms with E-state index in [1.54, 1.807) is 17.7 Å². The van der Waals surface area contributed by atoms with Crippen molar-refractivity contribution in [2.75, 3.05) is 0 Å². The largest absolute Gasteiger partial charge is 0.389 e. The van der Waals surface area contributed by atoms with Crippen molar-refractivity contribution in [3.05, 3.63) is 17.5 Å². The molecule has 0 aliphatic carbocycles. The van der Waals surface area contributed by atoms with Gasteiger partial charge in [-0.3, -0.25) is 4.68 Å². The predicted octanol–water partition coefficient (Wildman–Crippen LogP) is 2.55. The van der Waals surface area contributed by atoms with Crippen LogP contribution in [0.25, 0.3) is 0 Å². The van der Waals surface area contributed by atoms with Gasteiger partial charge < -0.3 is 5.73 Å². The summed E-state index contributed by atoms with van der Waals surface area (Å²) in [6.45, 7) is 4.29. The molecular weight excluding hydrogens is 219 g/mol. The van der Waals surface area contributed by atoms with E-state index in [0.717, 1.165) is 5.69 Å². The van der Waals surface area contributed by atoms with Crippen LogP contribution in [0, 0.1) is 6.92 Å². The molecule has 1 aromatic rings. The van der Waals surface area contributed by atoms with Gasteiger partial charge in [0.25, 0.3) is 0 Å². The van der Waals surface area contributed by atoms with E-state index >= 15 is 0 Å². The molecule has 16 heavy (non-hydrogen) atoms. The lowest BCUT2D eigenvalue weighted by molar-refractivity contribution is -0.136. The van der Waals surface area contributed by atoms with Gasteiger partial charge in [-0.05, 0) is 26.3 Å². The minimum atomic E-state index is -4.15. The predicted molar refractivity (Wildman–Crippen MR) is 54.9 cm³/mol. The second kappa shape index (κ2) is 4.86. The molecular formula is C10H16F3N3. The van der Waals surface area contributed by atoms with Crippen LogP contribution in [0.4, 0.5) is 13.2 Å². The van der Waals surface area contributed by atoms with Crippen LogP contribution in [-0.4, -0.2) is 16.0 Å². The van der Waals surface area contributed by atoms with E-state index in [4.69, 9.17) is 5.73 Å². The number of rotatable bonds is 4. The lowest BCUT2D eigenvalue weighted by atomic mass is 10.1. The molecule has 1 aromatic heterocycles. The van der Waals surface area contributed by atoms with Crippen molar-refractivity contribution in [3.8, 4) is 0 Å². The van der Waals surface area contributed by atoms with Crippen molar-refractivity contribution in [1.29, 1.82) is 0 Å². The van der Waals surface area contributed by atoms with Crippen LogP contribution < -0.4 is 5.73 Å². The Kier molecular flexibility index (Phi) is 3.96. The number of nitrogens with zero attached hydrogens (tertiary/aromatic N) is 2. The molecule has 1 heterocycles. The third-order valence-electron chi connectivity index (χ3n) is 2.35. The van der Waals surface area contributed by atoms with Crippen LogP contribution in [-0.2, 0) is 6.54 Å². The Hall–Kier alpha value is -1.04. The van der Waals surface area contributed by atoms with Gasteiger partial charge in [-0.25, -0.2) is 0 Å². The Morgan fingerprint density at radius 1 is 1.50 bits per heavy atom. The molecule has 0 aliphatic heterocycles. The Labute approximate surface area is 92.4 Å². The summed E-state index contributed by atoms with van der Waals surface area (Å²) in [6, 6.07) is 1.13. The first-order valence-corrected chi connectivity index (χ1v) is 5.20. The van der Waals surface area contributed by atoms with Gasteiger partial charge in [0.05, 0.1) is 11.4 Å². The maximum atomic E-state index is 12.0. The molecule has 92 valence electrons. The number of aryl methyl sites for hydroxylation is 2. The number of alkyl halides is 3. The van der Waals surface area contributed by atoms with Crippen LogP contribution in [0.1, 0.15) is 37.2 Å². The fraction of sp³-hybridized carbons (Fsp3) is 0.700. The zero-order valence-electron chi connectivity index (χ0n) is 9.38. The average Bonchev–Trinajstić information content (AvgIpc) is 2.55. The highest BCUT2D eigenvalue weighted by molar-refractivity contribution is 5.12. The summed E-state index contributed by atoms with van der Waals surface area (Å²) in [5, 5.41) is 4.15. The number of aromatic nitrogens is 2. The molecule has 1 atom stereocenters. The van der Waals surface area contributed by atoms with E-state index in [1.165, 1.54) is 0 Å². The molecule has 0 saturated carbocycles. The van der Waals surface area contributed by atoms with Crippen molar-refractivity contribution < 1.29 is 13.2 Å². The molecule has 3 nitrogen and oxygen atoms in total. The smallest absolute Gasteiger partial charge is 0.323 e. The summed E-state index contributed by atoms with van der Waals surface area (Å²) in [6.07, 6.45) is -5.11. The van der Waals surface area contributed by atoms with Gasteiger partial charge in [0, 0.05) is 19.0 Å². The standard InChI is InChI=1S/C10H16F3N3/c1-3-16-9(6-7(2)15-16)8(14)4-5-10(11,12)13/h6,8H,3-5,14H2,1-2H3. The lowest BCUT2D eigenvalue weighted by Gasteiger charge is -2.14. The van der Waals surface area contributed by atoms with Crippen molar-refractivity contribution >= 4 is 0 Å².